The van der Waals surface area contributed by atoms with Crippen molar-refractivity contribution in [3.05, 3.63) is 35.9 Å². The first kappa shape index (κ1) is 29.7. The van der Waals surface area contributed by atoms with E-state index < -0.39 is 77.1 Å². The van der Waals surface area contributed by atoms with Crippen molar-refractivity contribution in [3.63, 3.8) is 0 Å². The number of aliphatic hydroxyl groups excluding tert-OH is 1. The highest BCUT2D eigenvalue weighted by atomic mass is 35.5. The Balaban J connectivity index is 2.00. The van der Waals surface area contributed by atoms with Crippen LogP contribution in [0.3, 0.4) is 0 Å². The number of fused-ring (bicyclic) bond motifs is 1. The molecule has 0 saturated carbocycles. The summed E-state index contributed by atoms with van der Waals surface area (Å²) in [6.07, 6.45) is 0.170. The normalized spacial score (nSPS) is 31.7. The molecule has 1 aromatic rings. The summed E-state index contributed by atoms with van der Waals surface area (Å²) in [7, 11) is 0. The fourth-order valence-electron chi connectivity index (χ4n) is 4.55. The van der Waals surface area contributed by atoms with Gasteiger partial charge in [-0.15, -0.1) is 23.2 Å². The molecule has 2 aliphatic heterocycles. The van der Waals surface area contributed by atoms with E-state index in [1.54, 1.807) is 44.2 Å². The van der Waals surface area contributed by atoms with Crippen LogP contribution in [0.2, 0.25) is 0 Å². The zero-order chi connectivity index (χ0) is 28.0. The topological polar surface area (TPSA) is 157 Å². The molecule has 5 amide bonds. The van der Waals surface area contributed by atoms with Gasteiger partial charge in [0.25, 0.3) is 0 Å². The molecule has 5 N–H and O–H groups in total. The van der Waals surface area contributed by atoms with Gasteiger partial charge >= 0.3 is 0 Å². The molecule has 0 aliphatic carbocycles. The summed E-state index contributed by atoms with van der Waals surface area (Å²) in [5, 5.41) is 18.6. The van der Waals surface area contributed by atoms with Crippen molar-refractivity contribution in [2.75, 3.05) is 13.2 Å². The number of alkyl halides is 2. The molecule has 0 spiro atoms. The largest absolute Gasteiger partial charge is 0.394 e. The summed E-state index contributed by atoms with van der Waals surface area (Å²) >= 11 is 12.8. The van der Waals surface area contributed by atoms with Crippen molar-refractivity contribution in [2.24, 2.45) is 0 Å². The minimum atomic E-state index is -1.34. The number of hydrogen-bond donors (Lipinski definition) is 5. The molecule has 2 aliphatic rings. The monoisotopic (exact) mass is 569 g/mol. The van der Waals surface area contributed by atoms with Crippen LogP contribution in [0.25, 0.3) is 0 Å². The zero-order valence-corrected chi connectivity index (χ0v) is 22.7. The molecule has 1 aromatic carbocycles. The van der Waals surface area contributed by atoms with Gasteiger partial charge in [0, 0.05) is 6.54 Å². The van der Waals surface area contributed by atoms with Crippen molar-refractivity contribution in [2.45, 2.75) is 74.1 Å². The van der Waals surface area contributed by atoms with Gasteiger partial charge < -0.3 is 31.3 Å². The van der Waals surface area contributed by atoms with E-state index in [-0.39, 0.29) is 25.8 Å². The molecule has 3 rings (SSSR count). The highest BCUT2D eigenvalue weighted by Gasteiger charge is 2.48. The van der Waals surface area contributed by atoms with Gasteiger partial charge in [0.05, 0.1) is 29.8 Å². The van der Waals surface area contributed by atoms with Crippen LogP contribution in [0.5, 0.6) is 0 Å². The highest BCUT2D eigenvalue weighted by Crippen LogP contribution is 2.29. The van der Waals surface area contributed by atoms with Crippen molar-refractivity contribution >= 4 is 52.7 Å². The van der Waals surface area contributed by atoms with Crippen molar-refractivity contribution in [3.8, 4) is 0 Å². The van der Waals surface area contributed by atoms with Gasteiger partial charge in [-0.1, -0.05) is 44.2 Å². The van der Waals surface area contributed by atoms with Crippen molar-refractivity contribution in [1.82, 2.24) is 26.2 Å². The van der Waals surface area contributed by atoms with E-state index in [0.717, 1.165) is 0 Å². The standard InChI is InChI=1S/C25H33Cl2N5O6/c1-3-15-22(35)31-18(12-33)23(36)30-17(13-8-6-5-7-9-13)10-19(34)28-16(4-2)25(38)32-11-14(26)20(27)21(32)24(37)29-15/h5-9,14-18,20-21,33H,3-4,10-12H2,1-2H3,(H,28,34)(H,29,37)(H,30,36)(H,31,35)/t14-,15+,16+,17+,18+,20-,21+/m1/s1. The number of nitrogens with one attached hydrogen (secondary N) is 4. The second-order valence-corrected chi connectivity index (χ2v) is 10.4. The molecule has 2 fully saturated rings. The summed E-state index contributed by atoms with van der Waals surface area (Å²) < 4.78 is 0. The number of nitrogens with zero attached hydrogens (tertiary/aromatic N) is 1. The van der Waals surface area contributed by atoms with Crippen LogP contribution in [-0.4, -0.2) is 87.6 Å². The molecule has 0 aromatic heterocycles. The van der Waals surface area contributed by atoms with Gasteiger partial charge in [-0.25, -0.2) is 0 Å². The van der Waals surface area contributed by atoms with Gasteiger partial charge in [-0.05, 0) is 18.4 Å². The fourth-order valence-corrected chi connectivity index (χ4v) is 5.17. The van der Waals surface area contributed by atoms with E-state index >= 15 is 0 Å². The van der Waals surface area contributed by atoms with E-state index in [1.165, 1.54) is 4.90 Å². The molecule has 0 bridgehead atoms. The smallest absolute Gasteiger partial charge is 0.245 e. The highest BCUT2D eigenvalue weighted by molar-refractivity contribution is 6.32. The van der Waals surface area contributed by atoms with E-state index in [2.05, 4.69) is 21.3 Å². The van der Waals surface area contributed by atoms with Gasteiger partial charge in [0.1, 0.15) is 24.2 Å². The summed E-state index contributed by atoms with van der Waals surface area (Å²) in [5.74, 6) is -3.16. The number of carbonyl (C=O) groups excluding carboxylic acids is 5. The summed E-state index contributed by atoms with van der Waals surface area (Å²) in [4.78, 5) is 67.0. The lowest BCUT2D eigenvalue weighted by Crippen LogP contribution is -2.60. The Kier molecular flexibility index (Phi) is 10.3. The molecule has 0 unspecified atom stereocenters. The lowest BCUT2D eigenvalue weighted by Gasteiger charge is -2.31. The summed E-state index contributed by atoms with van der Waals surface area (Å²) in [5.41, 5.74) is 0.618. The first-order valence-electron chi connectivity index (χ1n) is 12.6. The summed E-state index contributed by atoms with van der Waals surface area (Å²) in [6, 6.07) is 3.36. The summed E-state index contributed by atoms with van der Waals surface area (Å²) in [6.45, 7) is 2.64. The Labute approximate surface area is 231 Å². The third kappa shape index (κ3) is 6.75. The first-order chi connectivity index (χ1) is 18.1. The van der Waals surface area contributed by atoms with Crippen LogP contribution in [0, 0.1) is 0 Å². The predicted octanol–water partition coefficient (Wildman–Crippen LogP) is -0.0601. The average Bonchev–Trinajstić information content (AvgIpc) is 3.21. The molecule has 38 heavy (non-hydrogen) atoms. The number of benzene rings is 1. The number of aliphatic hydroxyl groups is 1. The Bertz CT molecular complexity index is 1040. The van der Waals surface area contributed by atoms with Gasteiger partial charge in [0.15, 0.2) is 0 Å². The lowest BCUT2D eigenvalue weighted by molar-refractivity contribution is -0.142. The van der Waals surface area contributed by atoms with E-state index in [1.807, 2.05) is 0 Å². The van der Waals surface area contributed by atoms with E-state index in [0.29, 0.717) is 5.56 Å². The molecule has 11 nitrogen and oxygen atoms in total. The third-order valence-electron chi connectivity index (χ3n) is 6.71. The van der Waals surface area contributed by atoms with Gasteiger partial charge in [-0.3, -0.25) is 24.0 Å². The molecular formula is C25H33Cl2N5O6. The first-order valence-corrected chi connectivity index (χ1v) is 13.4. The van der Waals surface area contributed by atoms with Crippen LogP contribution >= 0.6 is 23.2 Å². The van der Waals surface area contributed by atoms with Crippen LogP contribution in [0.15, 0.2) is 30.3 Å². The van der Waals surface area contributed by atoms with Crippen LogP contribution in [-0.2, 0) is 24.0 Å². The number of carbonyl (C=O) groups is 5. The molecule has 13 heteroatoms. The molecule has 208 valence electrons. The van der Waals surface area contributed by atoms with Gasteiger partial charge in [-0.2, -0.15) is 0 Å². The Morgan fingerprint density at radius 2 is 1.45 bits per heavy atom. The maximum absolute atomic E-state index is 13.5. The number of amides is 5. The number of rotatable bonds is 4. The zero-order valence-electron chi connectivity index (χ0n) is 21.2. The molecule has 2 saturated heterocycles. The second-order valence-electron chi connectivity index (χ2n) is 9.31. The fraction of sp³-hybridized carbons (Fsp3) is 0.560. The minimum Gasteiger partial charge on any atom is -0.394 e. The third-order valence-corrected chi connectivity index (χ3v) is 7.79. The van der Waals surface area contributed by atoms with E-state index in [4.69, 9.17) is 23.2 Å². The van der Waals surface area contributed by atoms with Crippen LogP contribution in [0.1, 0.15) is 44.7 Å². The maximum atomic E-state index is 13.5. The SMILES string of the molecule is CC[C@@H]1NC(=O)[C@@H]2[C@H](Cl)[C@H](Cl)CN2C(=O)[C@H](CC)NC(=O)C[C@@H](c2ccccc2)NC(=O)[C@H](CO)NC1=O. The van der Waals surface area contributed by atoms with Crippen LogP contribution < -0.4 is 21.3 Å². The maximum Gasteiger partial charge on any atom is 0.245 e. The minimum absolute atomic E-state index is 0.0166. The molecule has 0 radical (unpaired) electrons. The number of halogens is 2. The predicted molar refractivity (Wildman–Crippen MR) is 140 cm³/mol. The second kappa shape index (κ2) is 13.3. The Hall–Kier alpha value is -2.89. The average molecular weight is 570 g/mol. The molecular weight excluding hydrogens is 537 g/mol. The van der Waals surface area contributed by atoms with Gasteiger partial charge in [0.2, 0.25) is 29.5 Å². The van der Waals surface area contributed by atoms with Crippen molar-refractivity contribution in [1.29, 1.82) is 0 Å². The Morgan fingerprint density at radius 3 is 2.05 bits per heavy atom. The molecule has 7 atom stereocenters. The molecule has 2 heterocycles. The van der Waals surface area contributed by atoms with Crippen LogP contribution in [0.4, 0.5) is 0 Å². The Morgan fingerprint density at radius 1 is 0.842 bits per heavy atom. The quantitative estimate of drug-likeness (QED) is 0.320. The van der Waals surface area contributed by atoms with Crippen molar-refractivity contribution < 1.29 is 29.1 Å². The van der Waals surface area contributed by atoms with E-state index in [9.17, 15) is 29.1 Å². The lowest BCUT2D eigenvalue weighted by atomic mass is 10.0. The number of hydrogen-bond acceptors (Lipinski definition) is 6.